The average Bonchev–Trinajstić information content (AvgIpc) is 2.68. The van der Waals surface area contributed by atoms with Crippen LogP contribution in [0.4, 0.5) is 17.5 Å². The molecule has 2 aromatic carbocycles. The molecule has 3 rings (SSSR count). The molecule has 0 bridgehead atoms. The average molecular weight is 364 g/mol. The number of aromatic nitrogens is 2. The van der Waals surface area contributed by atoms with Crippen LogP contribution in [0.2, 0.25) is 0 Å². The molecule has 0 amide bonds. The third-order valence-electron chi connectivity index (χ3n) is 4.09. The quantitative estimate of drug-likeness (QED) is 0.624. The van der Waals surface area contributed by atoms with Crippen LogP contribution in [0.25, 0.3) is 0 Å². The van der Waals surface area contributed by atoms with E-state index >= 15 is 0 Å². The summed E-state index contributed by atoms with van der Waals surface area (Å²) in [5.41, 5.74) is 2.96. The maximum Gasteiger partial charge on any atom is 0.229 e. The van der Waals surface area contributed by atoms with Crippen molar-refractivity contribution in [1.82, 2.24) is 9.97 Å². The van der Waals surface area contributed by atoms with Crippen molar-refractivity contribution in [2.24, 2.45) is 0 Å². The van der Waals surface area contributed by atoms with E-state index < -0.39 is 0 Å². The van der Waals surface area contributed by atoms with Gasteiger partial charge in [-0.25, -0.2) is 4.98 Å². The second-order valence-corrected chi connectivity index (χ2v) is 6.06. The summed E-state index contributed by atoms with van der Waals surface area (Å²) in [6.07, 6.45) is 0.842. The molecule has 6 nitrogen and oxygen atoms in total. The molecule has 0 saturated carbocycles. The second-order valence-electron chi connectivity index (χ2n) is 6.06. The number of anilines is 3. The zero-order chi connectivity index (χ0) is 19.1. The van der Waals surface area contributed by atoms with E-state index in [1.165, 1.54) is 0 Å². The predicted molar refractivity (Wildman–Crippen MR) is 108 cm³/mol. The van der Waals surface area contributed by atoms with E-state index in [1.807, 2.05) is 55.5 Å². The standard InChI is InChI=1S/C21H24N4O2/c1-15-14-20(22-13-12-16-6-4-5-7-19(16)27-3)25-21(23-15)24-17-8-10-18(26-2)11-9-17/h4-11,14H,12-13H2,1-3H3,(H2,22,23,24,25). The van der Waals surface area contributed by atoms with Crippen LogP contribution >= 0.6 is 0 Å². The van der Waals surface area contributed by atoms with Crippen LogP contribution in [0, 0.1) is 6.92 Å². The fourth-order valence-electron chi connectivity index (χ4n) is 2.75. The van der Waals surface area contributed by atoms with Gasteiger partial charge in [0, 0.05) is 24.0 Å². The Kier molecular flexibility index (Phi) is 6.10. The number of aryl methyl sites for hydroxylation is 1. The number of methoxy groups -OCH3 is 2. The molecule has 0 radical (unpaired) electrons. The first-order valence-electron chi connectivity index (χ1n) is 8.80. The molecule has 0 aliphatic carbocycles. The van der Waals surface area contributed by atoms with Gasteiger partial charge >= 0.3 is 0 Å². The van der Waals surface area contributed by atoms with Gasteiger partial charge in [0.25, 0.3) is 0 Å². The fraction of sp³-hybridized carbons (Fsp3) is 0.238. The minimum Gasteiger partial charge on any atom is -0.497 e. The van der Waals surface area contributed by atoms with Gasteiger partial charge in [0.15, 0.2) is 0 Å². The monoisotopic (exact) mass is 364 g/mol. The van der Waals surface area contributed by atoms with Crippen molar-refractivity contribution in [1.29, 1.82) is 0 Å². The number of hydrogen-bond donors (Lipinski definition) is 2. The minimum absolute atomic E-state index is 0.556. The maximum absolute atomic E-state index is 5.40. The first-order valence-corrected chi connectivity index (χ1v) is 8.80. The van der Waals surface area contributed by atoms with Crippen molar-refractivity contribution in [3.05, 3.63) is 65.9 Å². The first kappa shape index (κ1) is 18.5. The molecule has 140 valence electrons. The van der Waals surface area contributed by atoms with Gasteiger partial charge in [0.05, 0.1) is 14.2 Å². The van der Waals surface area contributed by atoms with Gasteiger partial charge in [-0.1, -0.05) is 18.2 Å². The number of para-hydroxylation sites is 1. The smallest absolute Gasteiger partial charge is 0.229 e. The summed E-state index contributed by atoms with van der Waals surface area (Å²) in [5, 5.41) is 6.59. The molecule has 1 aromatic heterocycles. The highest BCUT2D eigenvalue weighted by molar-refractivity contribution is 5.56. The molecule has 1 heterocycles. The summed E-state index contributed by atoms with van der Waals surface area (Å²) >= 11 is 0. The van der Waals surface area contributed by atoms with Gasteiger partial charge in [-0.15, -0.1) is 0 Å². The van der Waals surface area contributed by atoms with Gasteiger partial charge < -0.3 is 20.1 Å². The highest BCUT2D eigenvalue weighted by Crippen LogP contribution is 2.20. The van der Waals surface area contributed by atoms with Crippen molar-refractivity contribution >= 4 is 17.5 Å². The van der Waals surface area contributed by atoms with Crippen LogP contribution in [-0.2, 0) is 6.42 Å². The summed E-state index contributed by atoms with van der Waals surface area (Å²) in [6.45, 7) is 2.70. The summed E-state index contributed by atoms with van der Waals surface area (Å²) in [6, 6.07) is 17.6. The van der Waals surface area contributed by atoms with Crippen LogP contribution in [0.3, 0.4) is 0 Å². The van der Waals surface area contributed by atoms with Gasteiger partial charge in [0.1, 0.15) is 17.3 Å². The summed E-state index contributed by atoms with van der Waals surface area (Å²) < 4.78 is 10.6. The van der Waals surface area contributed by atoms with E-state index in [2.05, 4.69) is 26.7 Å². The zero-order valence-electron chi connectivity index (χ0n) is 15.8. The topological polar surface area (TPSA) is 68.3 Å². The molecule has 2 N–H and O–H groups in total. The number of rotatable bonds is 8. The maximum atomic E-state index is 5.40. The van der Waals surface area contributed by atoms with E-state index in [4.69, 9.17) is 9.47 Å². The van der Waals surface area contributed by atoms with Gasteiger partial charge in [-0.3, -0.25) is 0 Å². The van der Waals surface area contributed by atoms with E-state index in [0.717, 1.165) is 47.2 Å². The molecule has 0 saturated heterocycles. The fourth-order valence-corrected chi connectivity index (χ4v) is 2.75. The van der Waals surface area contributed by atoms with Crippen LogP contribution in [0.5, 0.6) is 11.5 Å². The van der Waals surface area contributed by atoms with Gasteiger partial charge in [-0.05, 0) is 49.2 Å². The lowest BCUT2D eigenvalue weighted by atomic mass is 10.1. The third-order valence-corrected chi connectivity index (χ3v) is 4.09. The number of nitrogens with zero attached hydrogens (tertiary/aromatic N) is 2. The highest BCUT2D eigenvalue weighted by atomic mass is 16.5. The number of nitrogens with one attached hydrogen (secondary N) is 2. The zero-order valence-corrected chi connectivity index (χ0v) is 15.8. The minimum atomic E-state index is 0.556. The Morgan fingerprint density at radius 3 is 2.44 bits per heavy atom. The van der Waals surface area contributed by atoms with Crippen molar-refractivity contribution in [3.63, 3.8) is 0 Å². The number of ether oxygens (including phenoxy) is 2. The van der Waals surface area contributed by atoms with E-state index in [0.29, 0.717) is 5.95 Å². The SMILES string of the molecule is COc1ccc(Nc2nc(C)cc(NCCc3ccccc3OC)n2)cc1. The Balaban J connectivity index is 1.64. The predicted octanol–water partition coefficient (Wildman–Crippen LogP) is 4.20. The van der Waals surface area contributed by atoms with Crippen LogP contribution in [0.1, 0.15) is 11.3 Å². The van der Waals surface area contributed by atoms with Crippen molar-refractivity contribution in [2.75, 3.05) is 31.4 Å². The largest absolute Gasteiger partial charge is 0.497 e. The lowest BCUT2D eigenvalue weighted by Gasteiger charge is -2.11. The Hall–Kier alpha value is -3.28. The molecule has 27 heavy (non-hydrogen) atoms. The van der Waals surface area contributed by atoms with Gasteiger partial charge in [-0.2, -0.15) is 4.98 Å². The van der Waals surface area contributed by atoms with Crippen molar-refractivity contribution in [3.8, 4) is 11.5 Å². The van der Waals surface area contributed by atoms with Crippen molar-refractivity contribution in [2.45, 2.75) is 13.3 Å². The number of hydrogen-bond acceptors (Lipinski definition) is 6. The summed E-state index contributed by atoms with van der Waals surface area (Å²) in [5.74, 6) is 3.05. The molecule has 0 aliphatic heterocycles. The summed E-state index contributed by atoms with van der Waals surface area (Å²) in [7, 11) is 3.34. The molecule has 3 aromatic rings. The van der Waals surface area contributed by atoms with Crippen LogP contribution < -0.4 is 20.1 Å². The van der Waals surface area contributed by atoms with E-state index in [9.17, 15) is 0 Å². The molecule has 0 spiro atoms. The number of benzene rings is 2. The molecular weight excluding hydrogens is 340 g/mol. The highest BCUT2D eigenvalue weighted by Gasteiger charge is 2.05. The first-order chi connectivity index (χ1) is 13.2. The Bertz CT molecular complexity index is 882. The molecular formula is C21H24N4O2. The molecule has 0 aliphatic rings. The van der Waals surface area contributed by atoms with Crippen LogP contribution in [0.15, 0.2) is 54.6 Å². The normalized spacial score (nSPS) is 10.3. The molecule has 0 fully saturated rings. The van der Waals surface area contributed by atoms with Crippen LogP contribution in [-0.4, -0.2) is 30.7 Å². The molecule has 0 atom stereocenters. The van der Waals surface area contributed by atoms with E-state index in [-0.39, 0.29) is 0 Å². The molecule has 0 unspecified atom stereocenters. The Morgan fingerprint density at radius 1 is 0.926 bits per heavy atom. The molecule has 6 heteroatoms. The lowest BCUT2D eigenvalue weighted by Crippen LogP contribution is -2.09. The Labute approximate surface area is 159 Å². The summed E-state index contributed by atoms with van der Waals surface area (Å²) in [4.78, 5) is 9.00. The second kappa shape index (κ2) is 8.89. The third kappa shape index (κ3) is 5.10. The Morgan fingerprint density at radius 2 is 1.70 bits per heavy atom. The lowest BCUT2D eigenvalue weighted by molar-refractivity contribution is 0.410. The van der Waals surface area contributed by atoms with E-state index in [1.54, 1.807) is 14.2 Å². The van der Waals surface area contributed by atoms with Crippen molar-refractivity contribution < 1.29 is 9.47 Å². The van der Waals surface area contributed by atoms with Gasteiger partial charge in [0.2, 0.25) is 5.95 Å².